The molecule has 8 nitrogen and oxygen atoms in total. The average molecular weight is 335 g/mol. The van der Waals surface area contributed by atoms with Gasteiger partial charge >= 0.3 is 5.69 Å². The van der Waals surface area contributed by atoms with E-state index in [1.165, 1.54) is 37.7 Å². The smallest absolute Gasteiger partial charge is 0.311 e. The van der Waals surface area contributed by atoms with Crippen LogP contribution in [-0.2, 0) is 0 Å². The van der Waals surface area contributed by atoms with E-state index in [9.17, 15) is 14.9 Å². The lowest BCUT2D eigenvalue weighted by Gasteiger charge is -2.02. The summed E-state index contributed by atoms with van der Waals surface area (Å²) < 4.78 is 4.90. The van der Waals surface area contributed by atoms with E-state index >= 15 is 0 Å². The summed E-state index contributed by atoms with van der Waals surface area (Å²) in [6.45, 7) is 0. The molecular formula is C14H11ClN4O4. The van der Waals surface area contributed by atoms with Crippen LogP contribution in [0.5, 0.6) is 5.75 Å². The molecule has 1 amide bonds. The number of nitro groups is 1. The third-order valence-corrected chi connectivity index (χ3v) is 3.08. The highest BCUT2D eigenvalue weighted by molar-refractivity contribution is 6.32. The summed E-state index contributed by atoms with van der Waals surface area (Å²) in [6.07, 6.45) is 2.73. The molecule has 0 bridgehead atoms. The summed E-state index contributed by atoms with van der Waals surface area (Å²) in [5.41, 5.74) is 2.67. The molecule has 9 heteroatoms. The maximum Gasteiger partial charge on any atom is 0.311 e. The van der Waals surface area contributed by atoms with Gasteiger partial charge in [-0.05, 0) is 24.3 Å². The van der Waals surface area contributed by atoms with Crippen molar-refractivity contribution in [1.82, 2.24) is 10.4 Å². The first kappa shape index (κ1) is 16.4. The fourth-order valence-electron chi connectivity index (χ4n) is 1.71. The van der Waals surface area contributed by atoms with E-state index in [1.54, 1.807) is 12.1 Å². The lowest BCUT2D eigenvalue weighted by atomic mass is 10.2. The zero-order valence-corrected chi connectivity index (χ0v) is 12.6. The monoisotopic (exact) mass is 334 g/mol. The number of hydrazone groups is 1. The zero-order chi connectivity index (χ0) is 16.8. The van der Waals surface area contributed by atoms with Crippen molar-refractivity contribution < 1.29 is 14.5 Å². The third kappa shape index (κ3) is 4.01. The minimum absolute atomic E-state index is 0.0558. The van der Waals surface area contributed by atoms with Gasteiger partial charge in [0.2, 0.25) is 0 Å². The second-order valence-corrected chi connectivity index (χ2v) is 4.59. The van der Waals surface area contributed by atoms with Crippen molar-refractivity contribution in [2.24, 2.45) is 5.10 Å². The molecule has 1 N–H and O–H groups in total. The summed E-state index contributed by atoms with van der Waals surface area (Å²) in [5.74, 6) is -0.402. The fourth-order valence-corrected chi connectivity index (χ4v) is 1.92. The molecule has 23 heavy (non-hydrogen) atoms. The fraction of sp³-hybridized carbons (Fsp3) is 0.0714. The van der Waals surface area contributed by atoms with E-state index < -0.39 is 10.8 Å². The Bertz CT molecular complexity index is 779. The summed E-state index contributed by atoms with van der Waals surface area (Å²) >= 11 is 5.79. The van der Waals surface area contributed by atoms with Crippen LogP contribution < -0.4 is 10.2 Å². The SMILES string of the molecule is COc1ccc(C=NNC(=O)c2cccnc2Cl)cc1[N+](=O)[O-]. The first-order valence-electron chi connectivity index (χ1n) is 6.29. The Morgan fingerprint density at radius 2 is 2.26 bits per heavy atom. The summed E-state index contributed by atoms with van der Waals surface area (Å²) in [6, 6.07) is 7.36. The van der Waals surface area contributed by atoms with E-state index in [0.717, 1.165) is 0 Å². The number of carbonyl (C=O) groups excluding carboxylic acids is 1. The Hall–Kier alpha value is -3.00. The zero-order valence-electron chi connectivity index (χ0n) is 11.9. The highest BCUT2D eigenvalue weighted by Crippen LogP contribution is 2.26. The van der Waals surface area contributed by atoms with Gasteiger partial charge in [0.05, 0.1) is 23.8 Å². The number of hydrogen-bond donors (Lipinski definition) is 1. The van der Waals surface area contributed by atoms with E-state index in [0.29, 0.717) is 5.56 Å². The van der Waals surface area contributed by atoms with E-state index in [2.05, 4.69) is 15.5 Å². The van der Waals surface area contributed by atoms with Crippen LogP contribution in [-0.4, -0.2) is 29.1 Å². The number of aromatic nitrogens is 1. The van der Waals surface area contributed by atoms with Gasteiger partial charge in [0, 0.05) is 17.8 Å². The molecule has 0 saturated heterocycles. The second-order valence-electron chi connectivity index (χ2n) is 4.23. The predicted octanol–water partition coefficient (Wildman–Crippen LogP) is 2.42. The van der Waals surface area contributed by atoms with Gasteiger partial charge in [-0.1, -0.05) is 11.6 Å². The standard InChI is InChI=1S/C14H11ClN4O4/c1-23-12-5-4-9(7-11(12)19(21)22)8-17-18-14(20)10-3-2-6-16-13(10)15/h2-8H,1H3,(H,18,20). The van der Waals surface area contributed by atoms with Crippen molar-refractivity contribution in [1.29, 1.82) is 0 Å². The van der Waals surface area contributed by atoms with Crippen molar-refractivity contribution in [2.45, 2.75) is 0 Å². The number of benzene rings is 1. The number of halogens is 1. The number of ether oxygens (including phenoxy) is 1. The minimum Gasteiger partial charge on any atom is -0.490 e. The van der Waals surface area contributed by atoms with E-state index in [4.69, 9.17) is 16.3 Å². The van der Waals surface area contributed by atoms with Crippen LogP contribution in [0.3, 0.4) is 0 Å². The number of rotatable bonds is 5. The molecule has 118 valence electrons. The van der Waals surface area contributed by atoms with Crippen LogP contribution in [0, 0.1) is 10.1 Å². The maximum absolute atomic E-state index is 11.9. The topological polar surface area (TPSA) is 107 Å². The van der Waals surface area contributed by atoms with Crippen LogP contribution in [0.4, 0.5) is 5.69 Å². The summed E-state index contributed by atoms with van der Waals surface area (Å²) in [4.78, 5) is 26.0. The molecule has 0 aliphatic heterocycles. The molecule has 1 heterocycles. The molecule has 0 atom stereocenters. The van der Waals surface area contributed by atoms with E-state index in [1.807, 2.05) is 0 Å². The van der Waals surface area contributed by atoms with Crippen molar-refractivity contribution in [3.05, 3.63) is 62.9 Å². The van der Waals surface area contributed by atoms with E-state index in [-0.39, 0.29) is 22.2 Å². The molecule has 2 rings (SSSR count). The Labute approximate surface area is 135 Å². The number of hydrogen-bond acceptors (Lipinski definition) is 6. The number of nitrogens with zero attached hydrogens (tertiary/aromatic N) is 3. The van der Waals surface area contributed by atoms with Gasteiger partial charge in [-0.25, -0.2) is 10.4 Å². The quantitative estimate of drug-likeness (QED) is 0.391. The van der Waals surface area contributed by atoms with Crippen molar-refractivity contribution in [3.63, 3.8) is 0 Å². The van der Waals surface area contributed by atoms with Crippen molar-refractivity contribution >= 4 is 29.4 Å². The molecule has 0 spiro atoms. The van der Waals surface area contributed by atoms with Crippen LogP contribution in [0.1, 0.15) is 15.9 Å². The Morgan fingerprint density at radius 3 is 2.91 bits per heavy atom. The van der Waals surface area contributed by atoms with Gasteiger partial charge in [0.15, 0.2) is 5.75 Å². The van der Waals surface area contributed by atoms with Crippen LogP contribution >= 0.6 is 11.6 Å². The second kappa shape index (κ2) is 7.32. The number of methoxy groups -OCH3 is 1. The van der Waals surface area contributed by atoms with Gasteiger partial charge in [-0.15, -0.1) is 0 Å². The lowest BCUT2D eigenvalue weighted by Crippen LogP contribution is -2.18. The Balaban J connectivity index is 2.12. The highest BCUT2D eigenvalue weighted by Gasteiger charge is 2.14. The molecule has 0 radical (unpaired) electrons. The molecule has 0 aliphatic rings. The van der Waals surface area contributed by atoms with Gasteiger partial charge in [-0.3, -0.25) is 14.9 Å². The summed E-state index contributed by atoms with van der Waals surface area (Å²) in [7, 11) is 1.34. The Kier molecular flexibility index (Phi) is 5.21. The van der Waals surface area contributed by atoms with Crippen molar-refractivity contribution in [3.8, 4) is 5.75 Å². The van der Waals surface area contributed by atoms with Gasteiger partial charge in [0.25, 0.3) is 5.91 Å². The Morgan fingerprint density at radius 1 is 1.48 bits per heavy atom. The van der Waals surface area contributed by atoms with Crippen molar-refractivity contribution in [2.75, 3.05) is 7.11 Å². The number of pyridine rings is 1. The number of amides is 1. The molecule has 0 saturated carbocycles. The minimum atomic E-state index is -0.565. The number of nitrogens with one attached hydrogen (secondary N) is 1. The third-order valence-electron chi connectivity index (χ3n) is 2.78. The predicted molar refractivity (Wildman–Crippen MR) is 84.0 cm³/mol. The van der Waals surface area contributed by atoms with Crippen LogP contribution in [0.15, 0.2) is 41.6 Å². The molecule has 0 unspecified atom stereocenters. The maximum atomic E-state index is 11.9. The molecule has 0 fully saturated rings. The van der Waals surface area contributed by atoms with Gasteiger partial charge < -0.3 is 4.74 Å². The highest BCUT2D eigenvalue weighted by atomic mass is 35.5. The first-order valence-corrected chi connectivity index (χ1v) is 6.67. The molecule has 1 aromatic heterocycles. The molecule has 0 aliphatic carbocycles. The number of nitro benzene ring substituents is 1. The molecular weight excluding hydrogens is 324 g/mol. The largest absolute Gasteiger partial charge is 0.490 e. The summed E-state index contributed by atoms with van der Waals surface area (Å²) in [5, 5.41) is 14.7. The van der Waals surface area contributed by atoms with Gasteiger partial charge in [-0.2, -0.15) is 5.10 Å². The van der Waals surface area contributed by atoms with Crippen LogP contribution in [0.2, 0.25) is 5.15 Å². The van der Waals surface area contributed by atoms with Crippen LogP contribution in [0.25, 0.3) is 0 Å². The molecule has 1 aromatic carbocycles. The normalized spacial score (nSPS) is 10.5. The van der Waals surface area contributed by atoms with Gasteiger partial charge in [0.1, 0.15) is 5.15 Å². The molecule has 2 aromatic rings. The number of carbonyl (C=O) groups is 1. The average Bonchev–Trinajstić information content (AvgIpc) is 2.55. The lowest BCUT2D eigenvalue weighted by molar-refractivity contribution is -0.385. The first-order chi connectivity index (χ1) is 11.0.